The van der Waals surface area contributed by atoms with Crippen molar-refractivity contribution in [3.63, 3.8) is 0 Å². The Bertz CT molecular complexity index is 913. The molecule has 0 saturated carbocycles. The summed E-state index contributed by atoms with van der Waals surface area (Å²) in [5.74, 6) is 0.219. The highest BCUT2D eigenvalue weighted by Crippen LogP contribution is 2.20. The summed E-state index contributed by atoms with van der Waals surface area (Å²) < 4.78 is 1.65. The molecule has 1 saturated heterocycles. The van der Waals surface area contributed by atoms with Gasteiger partial charge in [0.05, 0.1) is 24.9 Å². The Morgan fingerprint density at radius 1 is 1.08 bits per heavy atom. The number of fused-ring (bicyclic) bond motifs is 1. The van der Waals surface area contributed by atoms with Crippen LogP contribution in [-0.4, -0.2) is 55.3 Å². The van der Waals surface area contributed by atoms with Crippen LogP contribution in [0.1, 0.15) is 18.5 Å². The zero-order chi connectivity index (χ0) is 17.2. The number of likely N-dealkylation sites (tertiary alicyclic amines) is 1. The standard InChI is InChI=1S/C18H20N6O/c1-23-12-18(21-22-23)17-7-13-6-15(19-9-14(13)10-20-17)8-16(25)11-24-4-2-3-5-24/h6-7,9-10,12H,2-5,8,11H2,1H3. The Morgan fingerprint density at radius 2 is 1.88 bits per heavy atom. The van der Waals surface area contributed by atoms with Gasteiger partial charge in [0, 0.05) is 30.5 Å². The first-order valence-corrected chi connectivity index (χ1v) is 8.53. The summed E-state index contributed by atoms with van der Waals surface area (Å²) in [4.78, 5) is 23.3. The van der Waals surface area contributed by atoms with E-state index in [0.29, 0.717) is 13.0 Å². The monoisotopic (exact) mass is 336 g/mol. The van der Waals surface area contributed by atoms with Gasteiger partial charge in [0.15, 0.2) is 5.78 Å². The number of hydrogen-bond acceptors (Lipinski definition) is 6. The Balaban J connectivity index is 1.54. The second kappa shape index (κ2) is 6.68. The van der Waals surface area contributed by atoms with Crippen molar-refractivity contribution in [2.24, 2.45) is 7.05 Å². The molecule has 0 bridgehead atoms. The van der Waals surface area contributed by atoms with Gasteiger partial charge in [0.1, 0.15) is 5.69 Å². The van der Waals surface area contributed by atoms with Gasteiger partial charge in [-0.2, -0.15) is 0 Å². The van der Waals surface area contributed by atoms with Crippen LogP contribution in [0.25, 0.3) is 22.2 Å². The zero-order valence-corrected chi connectivity index (χ0v) is 14.2. The summed E-state index contributed by atoms with van der Waals surface area (Å²) in [6.07, 6.45) is 8.15. The van der Waals surface area contributed by atoms with Crippen molar-refractivity contribution >= 4 is 16.6 Å². The first-order chi connectivity index (χ1) is 12.2. The van der Waals surface area contributed by atoms with Gasteiger partial charge in [-0.25, -0.2) is 0 Å². The van der Waals surface area contributed by atoms with Crippen LogP contribution in [0.15, 0.2) is 30.7 Å². The number of nitrogens with zero attached hydrogens (tertiary/aromatic N) is 6. The molecular formula is C18H20N6O. The second-order valence-electron chi connectivity index (χ2n) is 6.57. The van der Waals surface area contributed by atoms with Crippen molar-refractivity contribution < 1.29 is 4.79 Å². The van der Waals surface area contributed by atoms with E-state index in [1.54, 1.807) is 17.1 Å². The first kappa shape index (κ1) is 15.8. The average molecular weight is 336 g/mol. The van der Waals surface area contributed by atoms with Crippen LogP contribution in [0.4, 0.5) is 0 Å². The predicted octanol–water partition coefficient (Wildman–Crippen LogP) is 1.63. The molecule has 1 aliphatic heterocycles. The smallest absolute Gasteiger partial charge is 0.152 e. The van der Waals surface area contributed by atoms with E-state index < -0.39 is 0 Å². The molecule has 0 spiro atoms. The van der Waals surface area contributed by atoms with E-state index >= 15 is 0 Å². The third-order valence-electron chi connectivity index (χ3n) is 4.50. The van der Waals surface area contributed by atoms with Crippen molar-refractivity contribution in [1.29, 1.82) is 0 Å². The second-order valence-corrected chi connectivity index (χ2v) is 6.57. The van der Waals surface area contributed by atoms with Crippen LogP contribution in [-0.2, 0) is 18.3 Å². The molecule has 128 valence electrons. The van der Waals surface area contributed by atoms with Crippen molar-refractivity contribution in [1.82, 2.24) is 29.9 Å². The summed E-state index contributed by atoms with van der Waals surface area (Å²) in [7, 11) is 1.82. The lowest BCUT2D eigenvalue weighted by molar-refractivity contribution is -0.119. The number of carbonyl (C=O) groups is 1. The van der Waals surface area contributed by atoms with Crippen molar-refractivity contribution in [2.75, 3.05) is 19.6 Å². The van der Waals surface area contributed by atoms with Gasteiger partial charge >= 0.3 is 0 Å². The minimum absolute atomic E-state index is 0.219. The van der Waals surface area contributed by atoms with Crippen LogP contribution in [0.2, 0.25) is 0 Å². The molecule has 0 atom stereocenters. The molecule has 7 nitrogen and oxygen atoms in total. The Morgan fingerprint density at radius 3 is 2.64 bits per heavy atom. The lowest BCUT2D eigenvalue weighted by Gasteiger charge is -2.13. The van der Waals surface area contributed by atoms with E-state index in [-0.39, 0.29) is 5.78 Å². The van der Waals surface area contributed by atoms with Gasteiger partial charge in [-0.3, -0.25) is 24.3 Å². The number of pyridine rings is 2. The van der Waals surface area contributed by atoms with E-state index in [1.807, 2.05) is 25.4 Å². The number of aromatic nitrogens is 5. The summed E-state index contributed by atoms with van der Waals surface area (Å²) >= 11 is 0. The lowest BCUT2D eigenvalue weighted by Crippen LogP contribution is -2.27. The summed E-state index contributed by atoms with van der Waals surface area (Å²) in [6.45, 7) is 2.59. The van der Waals surface area contributed by atoms with Crippen molar-refractivity contribution in [3.05, 3.63) is 36.4 Å². The largest absolute Gasteiger partial charge is 0.298 e. The highest BCUT2D eigenvalue weighted by atomic mass is 16.1. The number of ketones is 1. The minimum Gasteiger partial charge on any atom is -0.298 e. The number of aryl methyl sites for hydroxylation is 1. The molecule has 0 aliphatic carbocycles. The maximum Gasteiger partial charge on any atom is 0.152 e. The molecule has 4 heterocycles. The number of hydrogen-bond donors (Lipinski definition) is 0. The molecule has 0 amide bonds. The fraction of sp³-hybridized carbons (Fsp3) is 0.389. The van der Waals surface area contributed by atoms with Crippen LogP contribution >= 0.6 is 0 Å². The molecule has 3 aromatic rings. The van der Waals surface area contributed by atoms with Gasteiger partial charge in [0.25, 0.3) is 0 Å². The highest BCUT2D eigenvalue weighted by molar-refractivity contribution is 5.87. The van der Waals surface area contributed by atoms with E-state index in [9.17, 15) is 4.79 Å². The molecule has 0 aromatic carbocycles. The average Bonchev–Trinajstić information content (AvgIpc) is 3.26. The Hall–Kier alpha value is -2.67. The van der Waals surface area contributed by atoms with E-state index in [2.05, 4.69) is 25.2 Å². The normalized spacial score (nSPS) is 15.1. The van der Waals surface area contributed by atoms with Gasteiger partial charge in [0.2, 0.25) is 0 Å². The summed E-state index contributed by atoms with van der Waals surface area (Å²) in [5.41, 5.74) is 2.29. The molecule has 7 heteroatoms. The molecule has 4 rings (SSSR count). The SMILES string of the molecule is Cn1cc(-c2cc3cc(CC(=O)CN4CCCC4)ncc3cn2)nn1. The van der Waals surface area contributed by atoms with Crippen LogP contribution in [0, 0.1) is 0 Å². The van der Waals surface area contributed by atoms with Crippen LogP contribution in [0.3, 0.4) is 0 Å². The molecule has 0 unspecified atom stereocenters. The predicted molar refractivity (Wildman–Crippen MR) is 93.9 cm³/mol. The molecule has 25 heavy (non-hydrogen) atoms. The van der Waals surface area contributed by atoms with Crippen LogP contribution in [0.5, 0.6) is 0 Å². The Kier molecular flexibility index (Phi) is 4.23. The minimum atomic E-state index is 0.219. The quantitative estimate of drug-likeness (QED) is 0.705. The topological polar surface area (TPSA) is 76.8 Å². The van der Waals surface area contributed by atoms with E-state index in [4.69, 9.17) is 0 Å². The highest BCUT2D eigenvalue weighted by Gasteiger charge is 2.16. The van der Waals surface area contributed by atoms with Crippen molar-refractivity contribution in [3.8, 4) is 11.4 Å². The van der Waals surface area contributed by atoms with E-state index in [1.165, 1.54) is 12.8 Å². The maximum absolute atomic E-state index is 12.3. The zero-order valence-electron chi connectivity index (χ0n) is 14.2. The molecule has 0 radical (unpaired) electrons. The first-order valence-electron chi connectivity index (χ1n) is 8.53. The summed E-state index contributed by atoms with van der Waals surface area (Å²) in [6, 6.07) is 3.94. The van der Waals surface area contributed by atoms with Gasteiger partial charge in [-0.1, -0.05) is 5.21 Å². The number of carbonyl (C=O) groups excluding carboxylic acids is 1. The molecule has 1 fully saturated rings. The van der Waals surface area contributed by atoms with Gasteiger partial charge in [-0.15, -0.1) is 5.10 Å². The number of Topliss-reactive ketones (excluding diaryl/α,β-unsaturated/α-hetero) is 1. The van der Waals surface area contributed by atoms with Gasteiger partial charge < -0.3 is 0 Å². The lowest BCUT2D eigenvalue weighted by atomic mass is 10.1. The molecular weight excluding hydrogens is 316 g/mol. The van der Waals surface area contributed by atoms with E-state index in [0.717, 1.165) is 40.9 Å². The van der Waals surface area contributed by atoms with Crippen LogP contribution < -0.4 is 0 Å². The Labute approximate surface area is 145 Å². The maximum atomic E-state index is 12.3. The molecule has 0 N–H and O–H groups in total. The fourth-order valence-electron chi connectivity index (χ4n) is 3.23. The fourth-order valence-corrected chi connectivity index (χ4v) is 3.23. The van der Waals surface area contributed by atoms with Crippen molar-refractivity contribution in [2.45, 2.75) is 19.3 Å². The van der Waals surface area contributed by atoms with Gasteiger partial charge in [-0.05, 0) is 43.5 Å². The molecule has 3 aromatic heterocycles. The third-order valence-corrected chi connectivity index (χ3v) is 4.50. The number of rotatable bonds is 5. The third kappa shape index (κ3) is 3.56. The summed E-state index contributed by atoms with van der Waals surface area (Å²) in [5, 5.41) is 10.00. The molecule has 1 aliphatic rings.